The van der Waals surface area contributed by atoms with Crippen molar-refractivity contribution in [1.29, 1.82) is 0 Å². The van der Waals surface area contributed by atoms with Crippen LogP contribution in [-0.4, -0.2) is 163 Å². The lowest BCUT2D eigenvalue weighted by molar-refractivity contribution is -0.299. The van der Waals surface area contributed by atoms with Gasteiger partial charge in [-0.1, -0.05) is 61.3 Å². The standard InChI is InChI=1S/C31H60N2O10.C6H14O2.C3H8.C2H6/c1-11-13-30(6,37)27(43-29-24(34)23(33(8)9)15-19(3)42-29)20(4)25(40-14-12-18(2)39-10)21(5)28(36)41-17-31(7,38)26(35)22-16-32-22;1-4-6(7)5(2)8-3;1-3-2;1-2/h18-27,29,32,34-35,37-38H,11-17H2,1-10H3;5-7H,4H2,1-3H3;3H2,1-2H3;1-2H3. The van der Waals surface area contributed by atoms with Crippen LogP contribution in [0.15, 0.2) is 0 Å². The molecule has 0 aliphatic carbocycles. The Hall–Kier alpha value is -1.01. The van der Waals surface area contributed by atoms with E-state index in [2.05, 4.69) is 19.2 Å². The van der Waals surface area contributed by atoms with Crippen molar-refractivity contribution in [2.75, 3.05) is 48.1 Å². The quantitative estimate of drug-likeness (QED) is 0.0669. The van der Waals surface area contributed by atoms with Crippen LogP contribution in [0.4, 0.5) is 0 Å². The minimum atomic E-state index is -1.63. The molecule has 0 spiro atoms. The van der Waals surface area contributed by atoms with Crippen LogP contribution in [0.5, 0.6) is 0 Å². The molecule has 0 bridgehead atoms. The first-order valence-electron chi connectivity index (χ1n) is 21.1. The molecule has 2 rings (SSSR count). The summed E-state index contributed by atoms with van der Waals surface area (Å²) in [6, 6.07) is -0.442. The zero-order chi connectivity index (χ0) is 44.0. The molecule has 56 heavy (non-hydrogen) atoms. The highest BCUT2D eigenvalue weighted by Gasteiger charge is 2.48. The fraction of sp³-hybridized carbons (Fsp3) is 0.976. The molecule has 0 amide bonds. The second-order valence-corrected chi connectivity index (χ2v) is 16.1. The maximum atomic E-state index is 13.4. The van der Waals surface area contributed by atoms with Crippen LogP contribution in [0.25, 0.3) is 0 Å². The molecule has 0 aromatic rings. The zero-order valence-corrected chi connectivity index (χ0v) is 38.4. The molecule has 2 aliphatic rings. The van der Waals surface area contributed by atoms with Gasteiger partial charge in [-0.05, 0) is 81.3 Å². The molecule has 0 saturated carbocycles. The smallest absolute Gasteiger partial charge is 0.311 e. The van der Waals surface area contributed by atoms with Gasteiger partial charge in [0, 0.05) is 45.4 Å². The fourth-order valence-electron chi connectivity index (χ4n) is 6.48. The molecule has 15 unspecified atom stereocenters. The van der Waals surface area contributed by atoms with Crippen molar-refractivity contribution in [3.63, 3.8) is 0 Å². The van der Waals surface area contributed by atoms with Gasteiger partial charge < -0.3 is 64.2 Å². The monoisotopic (exact) mass is 813 g/mol. The Bertz CT molecular complexity index is 977. The lowest BCUT2D eigenvalue weighted by Gasteiger charge is -2.46. The number of rotatable bonds is 22. The maximum absolute atomic E-state index is 13.4. The molecule has 0 aromatic carbocycles. The minimum Gasteiger partial charge on any atom is -0.462 e. The molecule has 14 nitrogen and oxygen atoms in total. The third kappa shape index (κ3) is 20.3. The Kier molecular flexibility index (Phi) is 29.8. The average Bonchev–Trinajstić information content (AvgIpc) is 4.01. The molecule has 6 N–H and O–H groups in total. The molecule has 338 valence electrons. The number of carbonyl (C=O) groups is 1. The first kappa shape index (κ1) is 57.1. The number of aliphatic hydroxyl groups is 5. The number of hydrogen-bond acceptors (Lipinski definition) is 14. The van der Waals surface area contributed by atoms with Crippen LogP contribution in [0.1, 0.15) is 129 Å². The highest BCUT2D eigenvalue weighted by molar-refractivity contribution is 5.72. The van der Waals surface area contributed by atoms with Crippen LogP contribution in [-0.2, 0) is 33.2 Å². The second kappa shape index (κ2) is 29.3. The van der Waals surface area contributed by atoms with Crippen LogP contribution >= 0.6 is 0 Å². The van der Waals surface area contributed by atoms with Crippen molar-refractivity contribution in [2.45, 2.75) is 207 Å². The van der Waals surface area contributed by atoms with Gasteiger partial charge in [-0.15, -0.1) is 0 Å². The molecule has 15 atom stereocenters. The second-order valence-electron chi connectivity index (χ2n) is 16.1. The normalized spacial score (nSPS) is 27.0. The first-order chi connectivity index (χ1) is 26.1. The van der Waals surface area contributed by atoms with E-state index < -0.39 is 66.3 Å². The van der Waals surface area contributed by atoms with Gasteiger partial charge in [0.15, 0.2) is 6.29 Å². The first-order valence-corrected chi connectivity index (χ1v) is 21.1. The number of carbonyl (C=O) groups excluding carboxylic acids is 1. The van der Waals surface area contributed by atoms with Gasteiger partial charge in [0.1, 0.15) is 24.4 Å². The summed E-state index contributed by atoms with van der Waals surface area (Å²) < 4.78 is 34.6. The van der Waals surface area contributed by atoms with Crippen molar-refractivity contribution in [3.05, 3.63) is 0 Å². The highest BCUT2D eigenvalue weighted by atomic mass is 16.7. The maximum Gasteiger partial charge on any atom is 0.311 e. The lowest BCUT2D eigenvalue weighted by atomic mass is 9.79. The summed E-state index contributed by atoms with van der Waals surface area (Å²) in [6.45, 7) is 25.0. The molecule has 2 aliphatic heterocycles. The van der Waals surface area contributed by atoms with E-state index in [0.717, 1.165) is 6.42 Å². The van der Waals surface area contributed by atoms with Crippen LogP contribution in [0, 0.1) is 11.8 Å². The van der Waals surface area contributed by atoms with Gasteiger partial charge in [0.05, 0.1) is 48.1 Å². The molecule has 2 saturated heterocycles. The summed E-state index contributed by atoms with van der Waals surface area (Å²) in [6.07, 6.45) is -1.02. The topological polar surface area (TPSA) is 199 Å². The average molecular weight is 813 g/mol. The summed E-state index contributed by atoms with van der Waals surface area (Å²) in [5.74, 6) is -2.00. The summed E-state index contributed by atoms with van der Waals surface area (Å²) in [7, 11) is 7.01. The van der Waals surface area contributed by atoms with Crippen LogP contribution in [0.3, 0.4) is 0 Å². The molecule has 0 radical (unpaired) electrons. The number of esters is 1. The van der Waals surface area contributed by atoms with Crippen molar-refractivity contribution in [1.82, 2.24) is 10.2 Å². The number of nitrogens with zero attached hydrogens (tertiary/aromatic N) is 1. The Balaban J connectivity index is 0. The largest absolute Gasteiger partial charge is 0.462 e. The highest BCUT2D eigenvalue weighted by Crippen LogP contribution is 2.35. The van der Waals surface area contributed by atoms with E-state index in [0.29, 0.717) is 32.2 Å². The number of nitrogens with one attached hydrogen (secondary N) is 1. The Morgan fingerprint density at radius 1 is 0.982 bits per heavy atom. The van der Waals surface area contributed by atoms with Crippen LogP contribution < -0.4 is 5.32 Å². The molecular formula is C42H88N2O12. The fourth-order valence-corrected chi connectivity index (χ4v) is 6.48. The van der Waals surface area contributed by atoms with E-state index in [-0.39, 0.29) is 43.1 Å². The van der Waals surface area contributed by atoms with Gasteiger partial charge in [0.25, 0.3) is 0 Å². The van der Waals surface area contributed by atoms with Crippen molar-refractivity contribution >= 4 is 5.97 Å². The summed E-state index contributed by atoms with van der Waals surface area (Å²) >= 11 is 0. The van der Waals surface area contributed by atoms with Crippen molar-refractivity contribution in [3.8, 4) is 0 Å². The van der Waals surface area contributed by atoms with Crippen LogP contribution in [0.2, 0.25) is 0 Å². The Labute approximate surface area is 341 Å². The third-order valence-corrected chi connectivity index (χ3v) is 10.3. The SMILES string of the molecule is CC.CCC.CCC(O)C(C)OC.CCCC(C)(O)C(OC1OC(C)CC(N(C)C)C1O)C(C)C(OCCC(C)OC)C(C)C(=O)OCC(C)(O)C(O)C1CN1. The zero-order valence-electron chi connectivity index (χ0n) is 38.4. The molecule has 14 heteroatoms. The number of ether oxygens (including phenoxy) is 6. The molecule has 2 fully saturated rings. The number of methoxy groups -OCH3 is 2. The predicted octanol–water partition coefficient (Wildman–Crippen LogP) is 4.29. The van der Waals surface area contributed by atoms with Gasteiger partial charge in [-0.3, -0.25) is 4.79 Å². The number of aliphatic hydroxyl groups excluding tert-OH is 3. The lowest BCUT2D eigenvalue weighted by Crippen LogP contribution is -2.59. The molecule has 2 heterocycles. The van der Waals surface area contributed by atoms with Crippen molar-refractivity contribution in [2.24, 2.45) is 11.8 Å². The van der Waals surface area contributed by atoms with E-state index in [4.69, 9.17) is 33.5 Å². The summed E-state index contributed by atoms with van der Waals surface area (Å²) in [5.41, 5.74) is -2.98. The van der Waals surface area contributed by atoms with Crippen molar-refractivity contribution < 1.29 is 58.7 Å². The molecule has 0 aromatic heterocycles. The molecular weight excluding hydrogens is 724 g/mol. The number of hydrogen-bond donors (Lipinski definition) is 6. The van der Waals surface area contributed by atoms with Gasteiger partial charge in [0.2, 0.25) is 0 Å². The van der Waals surface area contributed by atoms with E-state index >= 15 is 0 Å². The third-order valence-electron chi connectivity index (χ3n) is 10.3. The van der Waals surface area contributed by atoms with Gasteiger partial charge in [-0.25, -0.2) is 0 Å². The van der Waals surface area contributed by atoms with Gasteiger partial charge in [-0.2, -0.15) is 0 Å². The van der Waals surface area contributed by atoms with E-state index in [1.54, 1.807) is 28.1 Å². The van der Waals surface area contributed by atoms with E-state index in [9.17, 15) is 25.2 Å². The Morgan fingerprint density at radius 2 is 1.54 bits per heavy atom. The van der Waals surface area contributed by atoms with E-state index in [1.807, 2.05) is 74.4 Å². The Morgan fingerprint density at radius 3 is 1.96 bits per heavy atom. The summed E-state index contributed by atoms with van der Waals surface area (Å²) in [4.78, 5) is 15.3. The summed E-state index contributed by atoms with van der Waals surface area (Å²) in [5, 5.41) is 56.0. The minimum absolute atomic E-state index is 0.0278. The van der Waals surface area contributed by atoms with Gasteiger partial charge >= 0.3 is 5.97 Å². The predicted molar refractivity (Wildman–Crippen MR) is 221 cm³/mol. The van der Waals surface area contributed by atoms with E-state index in [1.165, 1.54) is 13.3 Å². The number of likely N-dealkylation sites (N-methyl/N-ethyl adjacent to an activating group) is 1.